The van der Waals surface area contributed by atoms with Gasteiger partial charge in [0.25, 0.3) is 0 Å². The van der Waals surface area contributed by atoms with Crippen LogP contribution >= 0.6 is 24.0 Å². The monoisotopic (exact) mass is 411 g/mol. The van der Waals surface area contributed by atoms with E-state index in [9.17, 15) is 9.59 Å². The van der Waals surface area contributed by atoms with Crippen LogP contribution in [0.25, 0.3) is 0 Å². The maximum absolute atomic E-state index is 12.9. The Kier molecular flexibility index (Phi) is 7.24. The molecule has 1 aliphatic heterocycles. The smallest absolute Gasteiger partial charge is 0.249 e. The average Bonchev–Trinajstić information content (AvgIpc) is 3.04. The molecule has 1 aliphatic rings. The highest BCUT2D eigenvalue weighted by Crippen LogP contribution is 2.28. The van der Waals surface area contributed by atoms with Gasteiger partial charge in [0.05, 0.1) is 16.9 Å². The van der Waals surface area contributed by atoms with Gasteiger partial charge in [-0.05, 0) is 32.0 Å². The molecule has 7 nitrogen and oxygen atoms in total. The number of nitrogens with one attached hydrogen (secondary N) is 2. The summed E-state index contributed by atoms with van der Waals surface area (Å²) in [6.45, 7) is 0.590. The molecule has 0 radical (unpaired) electrons. The van der Waals surface area contributed by atoms with Crippen molar-refractivity contribution >= 4 is 41.5 Å². The number of piperidine rings is 1. The first kappa shape index (κ1) is 21.2. The van der Waals surface area contributed by atoms with Crippen LogP contribution in [0, 0.1) is 0 Å². The molecule has 2 aromatic rings. The van der Waals surface area contributed by atoms with Gasteiger partial charge in [-0.25, -0.2) is 0 Å². The Balaban J connectivity index is 0.00000261. The number of aromatic nitrogens is 2. The first-order chi connectivity index (χ1) is 12.5. The van der Waals surface area contributed by atoms with Crippen LogP contribution in [0.3, 0.4) is 0 Å². The number of hydrogen-bond acceptors (Lipinski definition) is 4. The fourth-order valence-electron chi connectivity index (χ4n) is 3.21. The molecule has 27 heavy (non-hydrogen) atoms. The molecule has 1 aromatic carbocycles. The number of para-hydroxylation sites is 1. The van der Waals surface area contributed by atoms with Gasteiger partial charge < -0.3 is 15.5 Å². The number of amides is 2. The number of rotatable bonds is 5. The zero-order chi connectivity index (χ0) is 18.7. The topological polar surface area (TPSA) is 79.3 Å². The Morgan fingerprint density at radius 2 is 2.11 bits per heavy atom. The molecular weight excluding hydrogens is 389 g/mol. The second-order valence-electron chi connectivity index (χ2n) is 6.31. The lowest BCUT2D eigenvalue weighted by atomic mass is 10.0. The fraction of sp³-hybridized carbons (Fsp3) is 0.389. The second kappa shape index (κ2) is 9.21. The molecule has 1 aromatic heterocycles. The molecule has 2 heterocycles. The molecule has 2 amide bonds. The van der Waals surface area contributed by atoms with Crippen molar-refractivity contribution in [1.82, 2.24) is 20.4 Å². The van der Waals surface area contributed by atoms with Gasteiger partial charge >= 0.3 is 0 Å². The van der Waals surface area contributed by atoms with Crippen LogP contribution in [0.15, 0.2) is 36.7 Å². The minimum absolute atomic E-state index is 0. The Morgan fingerprint density at radius 1 is 1.37 bits per heavy atom. The maximum atomic E-state index is 12.9. The largest absolute Gasteiger partial charge is 0.343 e. The van der Waals surface area contributed by atoms with Gasteiger partial charge in [-0.15, -0.1) is 12.4 Å². The van der Waals surface area contributed by atoms with Crippen LogP contribution in [0.1, 0.15) is 24.4 Å². The predicted octanol–water partition coefficient (Wildman–Crippen LogP) is 2.07. The van der Waals surface area contributed by atoms with Crippen molar-refractivity contribution in [3.8, 4) is 0 Å². The van der Waals surface area contributed by atoms with E-state index in [2.05, 4.69) is 15.7 Å². The Labute approximate surface area is 169 Å². The fourth-order valence-corrected chi connectivity index (χ4v) is 3.45. The van der Waals surface area contributed by atoms with Crippen LogP contribution in [0.5, 0.6) is 0 Å². The third-order valence-corrected chi connectivity index (χ3v) is 4.83. The highest BCUT2D eigenvalue weighted by atomic mass is 35.5. The molecule has 2 unspecified atom stereocenters. The first-order valence-electron chi connectivity index (χ1n) is 8.53. The number of benzene rings is 1. The van der Waals surface area contributed by atoms with E-state index in [0.29, 0.717) is 23.7 Å². The number of halogens is 2. The number of anilines is 1. The Bertz CT molecular complexity index is 811. The molecule has 9 heteroatoms. The molecule has 3 rings (SSSR count). The van der Waals surface area contributed by atoms with Crippen molar-refractivity contribution in [2.45, 2.75) is 24.9 Å². The summed E-state index contributed by atoms with van der Waals surface area (Å²) in [6.07, 6.45) is 4.81. The van der Waals surface area contributed by atoms with Gasteiger partial charge in [-0.3, -0.25) is 14.3 Å². The summed E-state index contributed by atoms with van der Waals surface area (Å²) in [5, 5.41) is 10.5. The lowest BCUT2D eigenvalue weighted by Gasteiger charge is -2.33. The Morgan fingerprint density at radius 3 is 2.74 bits per heavy atom. The van der Waals surface area contributed by atoms with Gasteiger partial charge in [0, 0.05) is 25.4 Å². The average molecular weight is 412 g/mol. The summed E-state index contributed by atoms with van der Waals surface area (Å²) < 4.78 is 1.64. The summed E-state index contributed by atoms with van der Waals surface area (Å²) in [4.78, 5) is 27.2. The van der Waals surface area contributed by atoms with Crippen molar-refractivity contribution in [1.29, 1.82) is 0 Å². The van der Waals surface area contributed by atoms with Gasteiger partial charge in [-0.1, -0.05) is 23.7 Å². The van der Waals surface area contributed by atoms with Crippen LogP contribution in [0.2, 0.25) is 5.02 Å². The van der Waals surface area contributed by atoms with Gasteiger partial charge in [0.1, 0.15) is 12.1 Å². The van der Waals surface area contributed by atoms with Crippen molar-refractivity contribution in [3.63, 3.8) is 0 Å². The zero-order valence-electron chi connectivity index (χ0n) is 15.2. The van der Waals surface area contributed by atoms with E-state index in [1.807, 2.05) is 18.2 Å². The quantitative estimate of drug-likeness (QED) is 0.788. The lowest BCUT2D eigenvalue weighted by molar-refractivity contribution is -0.129. The summed E-state index contributed by atoms with van der Waals surface area (Å²) in [7, 11) is 3.50. The number of nitrogens with zero attached hydrogens (tertiary/aromatic N) is 3. The molecule has 1 saturated heterocycles. The summed E-state index contributed by atoms with van der Waals surface area (Å²) >= 11 is 6.23. The normalized spacial score (nSPS) is 18.0. The highest BCUT2D eigenvalue weighted by molar-refractivity contribution is 6.33. The minimum atomic E-state index is -0.569. The van der Waals surface area contributed by atoms with Crippen molar-refractivity contribution in [2.24, 2.45) is 7.05 Å². The van der Waals surface area contributed by atoms with E-state index in [4.69, 9.17) is 11.6 Å². The van der Waals surface area contributed by atoms with Crippen molar-refractivity contribution in [3.05, 3.63) is 47.2 Å². The molecule has 0 spiro atoms. The van der Waals surface area contributed by atoms with Gasteiger partial charge in [0.15, 0.2) is 0 Å². The lowest BCUT2D eigenvalue weighted by Crippen LogP contribution is -2.54. The third kappa shape index (κ3) is 4.61. The standard InChI is InChI=1S/C18H22ClN5O2.ClH/c1-20-16(12-10-21-23(2)11-12)17(25)22-14-7-5-9-24(18(14)26)15-8-4-3-6-13(15)19;/h3-4,6,8,10-11,14,16,20H,5,7,9H2,1-2H3,(H,22,25);1H. The van der Waals surface area contributed by atoms with Crippen LogP contribution < -0.4 is 15.5 Å². The van der Waals surface area contributed by atoms with Crippen molar-refractivity contribution < 1.29 is 9.59 Å². The summed E-state index contributed by atoms with van der Waals surface area (Å²) in [6, 6.07) is 6.11. The van der Waals surface area contributed by atoms with Gasteiger partial charge in [-0.2, -0.15) is 5.10 Å². The molecule has 146 valence electrons. The molecule has 0 saturated carbocycles. The number of aryl methyl sites for hydroxylation is 1. The van der Waals surface area contributed by atoms with E-state index in [1.165, 1.54) is 0 Å². The molecule has 0 bridgehead atoms. The predicted molar refractivity (Wildman–Crippen MR) is 107 cm³/mol. The van der Waals surface area contributed by atoms with Crippen LogP contribution in [-0.4, -0.2) is 41.2 Å². The summed E-state index contributed by atoms with van der Waals surface area (Å²) in [5.41, 5.74) is 1.43. The number of carbonyl (C=O) groups excluding carboxylic acids is 2. The van der Waals surface area contributed by atoms with E-state index in [0.717, 1.165) is 12.0 Å². The third-order valence-electron chi connectivity index (χ3n) is 4.51. The minimum Gasteiger partial charge on any atom is -0.343 e. The van der Waals surface area contributed by atoms with E-state index < -0.39 is 12.1 Å². The molecule has 2 N–H and O–H groups in total. The maximum Gasteiger partial charge on any atom is 0.249 e. The molecule has 0 aliphatic carbocycles. The van der Waals surface area contributed by atoms with Crippen molar-refractivity contribution in [2.75, 3.05) is 18.5 Å². The van der Waals surface area contributed by atoms with E-state index >= 15 is 0 Å². The molecule has 1 fully saturated rings. The number of carbonyl (C=O) groups is 2. The Hall–Kier alpha value is -2.09. The van der Waals surface area contributed by atoms with E-state index in [-0.39, 0.29) is 24.2 Å². The first-order valence-corrected chi connectivity index (χ1v) is 8.91. The second-order valence-corrected chi connectivity index (χ2v) is 6.72. The number of likely N-dealkylation sites (N-methyl/N-ethyl adjacent to an activating group) is 1. The number of hydrogen-bond donors (Lipinski definition) is 2. The van der Waals surface area contributed by atoms with Gasteiger partial charge in [0.2, 0.25) is 11.8 Å². The highest BCUT2D eigenvalue weighted by Gasteiger charge is 2.33. The van der Waals surface area contributed by atoms with E-state index in [1.54, 1.807) is 42.1 Å². The SMILES string of the molecule is CNC(C(=O)NC1CCCN(c2ccccc2Cl)C1=O)c1cnn(C)c1.Cl. The molecule has 2 atom stereocenters. The molecular formula is C18H23Cl2N5O2. The van der Waals surface area contributed by atoms with Crippen LogP contribution in [-0.2, 0) is 16.6 Å². The van der Waals surface area contributed by atoms with Crippen LogP contribution in [0.4, 0.5) is 5.69 Å². The summed E-state index contributed by atoms with van der Waals surface area (Å²) in [5.74, 6) is -0.390. The zero-order valence-corrected chi connectivity index (χ0v) is 16.8.